The largest absolute Gasteiger partial charge is 0.418 e. The number of aromatic nitrogens is 2. The predicted octanol–water partition coefficient (Wildman–Crippen LogP) is 4.37. The first-order valence-corrected chi connectivity index (χ1v) is 8.41. The Kier molecular flexibility index (Phi) is 6.54. The number of halogens is 3. The number of nitrogens with one attached hydrogen (secondary N) is 1. The van der Waals surface area contributed by atoms with Crippen molar-refractivity contribution in [3.8, 4) is 0 Å². The molecule has 1 heterocycles. The van der Waals surface area contributed by atoms with Crippen molar-refractivity contribution in [3.05, 3.63) is 47.9 Å². The molecule has 2 rings (SSSR count). The molecule has 1 amide bonds. The number of hydrogen-bond acceptors (Lipinski definition) is 4. The van der Waals surface area contributed by atoms with Gasteiger partial charge in [-0.1, -0.05) is 26.0 Å². The molecule has 0 bridgehead atoms. The minimum absolute atomic E-state index is 0.0178. The highest BCUT2D eigenvalue weighted by Crippen LogP contribution is 2.34. The summed E-state index contributed by atoms with van der Waals surface area (Å²) in [5.74, 6) is -0.128. The molecule has 0 aliphatic carbocycles. The molecule has 140 valence electrons. The number of rotatable bonds is 7. The highest BCUT2D eigenvalue weighted by atomic mass is 19.4. The Bertz CT molecular complexity index is 743. The van der Waals surface area contributed by atoms with Crippen molar-refractivity contribution in [2.45, 2.75) is 32.9 Å². The van der Waals surface area contributed by atoms with Crippen molar-refractivity contribution in [2.75, 3.05) is 23.3 Å². The van der Waals surface area contributed by atoms with E-state index in [0.29, 0.717) is 5.82 Å². The normalized spacial score (nSPS) is 11.3. The van der Waals surface area contributed by atoms with Crippen molar-refractivity contribution in [1.82, 2.24) is 9.97 Å². The second-order valence-electron chi connectivity index (χ2n) is 5.75. The smallest absolute Gasteiger partial charge is 0.357 e. The molecular formula is C18H21F3N4O. The molecule has 0 fully saturated rings. The molecule has 0 radical (unpaired) electrons. The van der Waals surface area contributed by atoms with Gasteiger partial charge in [0.15, 0.2) is 0 Å². The zero-order valence-electron chi connectivity index (χ0n) is 14.7. The number of para-hydroxylation sites is 1. The first-order valence-electron chi connectivity index (χ1n) is 8.41. The first kappa shape index (κ1) is 19.7. The Balaban J connectivity index is 2.25. The SMILES string of the molecule is CCCN(CCC)c1cc(C(=O)Nc2ccccc2C(F)(F)F)ncn1. The Labute approximate surface area is 150 Å². The van der Waals surface area contributed by atoms with Crippen LogP contribution < -0.4 is 10.2 Å². The van der Waals surface area contributed by atoms with Crippen LogP contribution in [0.4, 0.5) is 24.7 Å². The fraction of sp³-hybridized carbons (Fsp3) is 0.389. The molecule has 1 aromatic carbocycles. The van der Waals surface area contributed by atoms with Crippen LogP contribution in [0, 0.1) is 0 Å². The Morgan fingerprint density at radius 1 is 1.12 bits per heavy atom. The van der Waals surface area contributed by atoms with Gasteiger partial charge in [-0.15, -0.1) is 0 Å². The van der Waals surface area contributed by atoms with Gasteiger partial charge in [0.05, 0.1) is 11.3 Å². The molecule has 0 atom stereocenters. The van der Waals surface area contributed by atoms with Gasteiger partial charge in [-0.2, -0.15) is 13.2 Å². The lowest BCUT2D eigenvalue weighted by atomic mass is 10.1. The van der Waals surface area contributed by atoms with E-state index in [9.17, 15) is 18.0 Å². The third-order valence-electron chi connectivity index (χ3n) is 3.68. The van der Waals surface area contributed by atoms with E-state index < -0.39 is 17.6 Å². The minimum Gasteiger partial charge on any atom is -0.357 e. The molecule has 8 heteroatoms. The summed E-state index contributed by atoms with van der Waals surface area (Å²) in [6.07, 6.45) is -1.49. The molecule has 2 aromatic rings. The van der Waals surface area contributed by atoms with E-state index in [1.54, 1.807) is 0 Å². The molecule has 0 aliphatic heterocycles. The molecule has 26 heavy (non-hydrogen) atoms. The molecule has 1 aromatic heterocycles. The number of anilines is 2. The van der Waals surface area contributed by atoms with E-state index in [1.807, 2.05) is 18.7 Å². The Hall–Kier alpha value is -2.64. The van der Waals surface area contributed by atoms with Gasteiger partial charge in [0.25, 0.3) is 5.91 Å². The lowest BCUT2D eigenvalue weighted by Crippen LogP contribution is -2.26. The topological polar surface area (TPSA) is 58.1 Å². The van der Waals surface area contributed by atoms with Crippen LogP contribution in [0.1, 0.15) is 42.7 Å². The van der Waals surface area contributed by atoms with Gasteiger partial charge in [-0.3, -0.25) is 4.79 Å². The zero-order chi connectivity index (χ0) is 19.2. The van der Waals surface area contributed by atoms with Gasteiger partial charge in [-0.05, 0) is 25.0 Å². The fourth-order valence-corrected chi connectivity index (χ4v) is 2.55. The highest BCUT2D eigenvalue weighted by molar-refractivity contribution is 6.03. The van der Waals surface area contributed by atoms with E-state index >= 15 is 0 Å². The van der Waals surface area contributed by atoms with E-state index in [1.165, 1.54) is 30.6 Å². The molecule has 0 unspecified atom stereocenters. The van der Waals surface area contributed by atoms with E-state index in [-0.39, 0.29) is 11.4 Å². The molecule has 0 spiro atoms. The summed E-state index contributed by atoms with van der Waals surface area (Å²) in [6, 6.07) is 6.33. The maximum Gasteiger partial charge on any atom is 0.418 e. The number of amides is 1. The first-order chi connectivity index (χ1) is 12.4. The van der Waals surface area contributed by atoms with Crippen LogP contribution in [0.25, 0.3) is 0 Å². The van der Waals surface area contributed by atoms with Crippen LogP contribution in [0.3, 0.4) is 0 Å². The average molecular weight is 366 g/mol. The van der Waals surface area contributed by atoms with E-state index in [0.717, 1.165) is 32.0 Å². The van der Waals surface area contributed by atoms with E-state index in [2.05, 4.69) is 15.3 Å². The number of carbonyl (C=O) groups excluding carboxylic acids is 1. The van der Waals surface area contributed by atoms with Crippen LogP contribution in [-0.4, -0.2) is 29.0 Å². The van der Waals surface area contributed by atoms with Crippen LogP contribution >= 0.6 is 0 Å². The van der Waals surface area contributed by atoms with Gasteiger partial charge < -0.3 is 10.2 Å². The Morgan fingerprint density at radius 2 is 1.77 bits per heavy atom. The molecule has 0 aliphatic rings. The monoisotopic (exact) mass is 366 g/mol. The third-order valence-corrected chi connectivity index (χ3v) is 3.68. The van der Waals surface area contributed by atoms with Gasteiger partial charge in [0.2, 0.25) is 0 Å². The second-order valence-corrected chi connectivity index (χ2v) is 5.75. The van der Waals surface area contributed by atoms with Crippen LogP contribution in [0.15, 0.2) is 36.7 Å². The van der Waals surface area contributed by atoms with Crippen molar-refractivity contribution in [2.24, 2.45) is 0 Å². The Morgan fingerprint density at radius 3 is 2.38 bits per heavy atom. The summed E-state index contributed by atoms with van der Waals surface area (Å²) >= 11 is 0. The number of alkyl halides is 3. The summed E-state index contributed by atoms with van der Waals surface area (Å²) in [7, 11) is 0. The van der Waals surface area contributed by atoms with E-state index in [4.69, 9.17) is 0 Å². The predicted molar refractivity (Wildman–Crippen MR) is 94.2 cm³/mol. The van der Waals surface area contributed by atoms with Crippen LogP contribution in [0.5, 0.6) is 0 Å². The highest BCUT2D eigenvalue weighted by Gasteiger charge is 2.33. The van der Waals surface area contributed by atoms with Gasteiger partial charge >= 0.3 is 6.18 Å². The van der Waals surface area contributed by atoms with Crippen LogP contribution in [0.2, 0.25) is 0 Å². The minimum atomic E-state index is -4.56. The summed E-state index contributed by atoms with van der Waals surface area (Å²) in [6.45, 7) is 5.60. The van der Waals surface area contributed by atoms with Crippen LogP contribution in [-0.2, 0) is 6.18 Å². The maximum atomic E-state index is 13.1. The zero-order valence-corrected chi connectivity index (χ0v) is 14.7. The molecule has 0 saturated heterocycles. The van der Waals surface area contributed by atoms with Gasteiger partial charge in [-0.25, -0.2) is 9.97 Å². The molecule has 1 N–H and O–H groups in total. The third kappa shape index (κ3) is 4.93. The quantitative estimate of drug-likeness (QED) is 0.790. The molecular weight excluding hydrogens is 345 g/mol. The summed E-state index contributed by atoms with van der Waals surface area (Å²) in [5, 5.41) is 2.30. The van der Waals surface area contributed by atoms with Crippen molar-refractivity contribution >= 4 is 17.4 Å². The van der Waals surface area contributed by atoms with Crippen molar-refractivity contribution < 1.29 is 18.0 Å². The lowest BCUT2D eigenvalue weighted by Gasteiger charge is -2.22. The number of benzene rings is 1. The second kappa shape index (κ2) is 8.64. The van der Waals surface area contributed by atoms with Crippen molar-refractivity contribution in [1.29, 1.82) is 0 Å². The summed E-state index contributed by atoms with van der Waals surface area (Å²) in [5.41, 5.74) is -1.19. The standard InChI is InChI=1S/C18H21F3N4O/c1-3-9-25(10-4-2)16-11-15(22-12-23-16)17(26)24-14-8-6-5-7-13(14)18(19,20)21/h5-8,11-12H,3-4,9-10H2,1-2H3,(H,24,26). The molecule has 5 nitrogen and oxygen atoms in total. The maximum absolute atomic E-state index is 13.1. The average Bonchev–Trinajstić information content (AvgIpc) is 2.61. The number of hydrogen-bond donors (Lipinski definition) is 1. The van der Waals surface area contributed by atoms with Gasteiger partial charge in [0.1, 0.15) is 17.8 Å². The lowest BCUT2D eigenvalue weighted by molar-refractivity contribution is -0.136. The summed E-state index contributed by atoms with van der Waals surface area (Å²) in [4.78, 5) is 22.5. The number of carbonyl (C=O) groups is 1. The summed E-state index contributed by atoms with van der Waals surface area (Å²) < 4.78 is 39.2. The fourth-order valence-electron chi connectivity index (χ4n) is 2.55. The van der Waals surface area contributed by atoms with Gasteiger partial charge in [0, 0.05) is 19.2 Å². The van der Waals surface area contributed by atoms with Crippen molar-refractivity contribution in [3.63, 3.8) is 0 Å². The number of nitrogens with zero attached hydrogens (tertiary/aromatic N) is 3. The molecule has 0 saturated carbocycles.